The van der Waals surface area contributed by atoms with Crippen molar-refractivity contribution in [3.05, 3.63) is 35.4 Å². The molecule has 2 aliphatic rings. The SMILES string of the molecule is O=C1OCC[C@@H]1NCC1(c2c(F)cccc2F)CCCC1. The molecule has 1 aliphatic heterocycles. The number of hydrogen-bond acceptors (Lipinski definition) is 3. The first kappa shape index (κ1) is 14.4. The molecule has 0 amide bonds. The molecule has 1 aromatic carbocycles. The van der Waals surface area contributed by atoms with E-state index in [9.17, 15) is 13.6 Å². The average molecular weight is 295 g/mol. The zero-order valence-electron chi connectivity index (χ0n) is 11.8. The van der Waals surface area contributed by atoms with Gasteiger partial charge < -0.3 is 10.1 Å². The Morgan fingerprint density at radius 3 is 2.48 bits per heavy atom. The number of hydrogen-bond donors (Lipinski definition) is 1. The molecule has 21 heavy (non-hydrogen) atoms. The van der Waals surface area contributed by atoms with Gasteiger partial charge >= 0.3 is 5.97 Å². The van der Waals surface area contributed by atoms with Gasteiger partial charge in [0, 0.05) is 23.9 Å². The van der Waals surface area contributed by atoms with E-state index in [4.69, 9.17) is 4.74 Å². The third kappa shape index (κ3) is 2.67. The molecule has 5 heteroatoms. The van der Waals surface area contributed by atoms with Crippen LogP contribution in [0, 0.1) is 11.6 Å². The van der Waals surface area contributed by atoms with Gasteiger partial charge in [-0.15, -0.1) is 0 Å². The van der Waals surface area contributed by atoms with Crippen LogP contribution < -0.4 is 5.32 Å². The summed E-state index contributed by atoms with van der Waals surface area (Å²) >= 11 is 0. The summed E-state index contributed by atoms with van der Waals surface area (Å²) < 4.78 is 33.2. The van der Waals surface area contributed by atoms with E-state index in [1.165, 1.54) is 18.2 Å². The van der Waals surface area contributed by atoms with Crippen LogP contribution in [-0.4, -0.2) is 25.2 Å². The van der Waals surface area contributed by atoms with Crippen molar-refractivity contribution < 1.29 is 18.3 Å². The first-order valence-corrected chi connectivity index (χ1v) is 7.47. The molecule has 1 N–H and O–H groups in total. The summed E-state index contributed by atoms with van der Waals surface area (Å²) in [5, 5.41) is 3.16. The number of nitrogens with one attached hydrogen (secondary N) is 1. The minimum Gasteiger partial charge on any atom is -0.464 e. The second kappa shape index (κ2) is 5.72. The van der Waals surface area contributed by atoms with Gasteiger partial charge in [-0.25, -0.2) is 8.78 Å². The lowest BCUT2D eigenvalue weighted by Gasteiger charge is -2.31. The van der Waals surface area contributed by atoms with Crippen molar-refractivity contribution in [2.75, 3.05) is 13.2 Å². The molecule has 3 rings (SSSR count). The van der Waals surface area contributed by atoms with Crippen molar-refractivity contribution in [2.45, 2.75) is 43.6 Å². The molecule has 1 saturated carbocycles. The van der Waals surface area contributed by atoms with E-state index < -0.39 is 17.0 Å². The van der Waals surface area contributed by atoms with Crippen LogP contribution in [0.4, 0.5) is 8.78 Å². The van der Waals surface area contributed by atoms with Crippen LogP contribution >= 0.6 is 0 Å². The van der Waals surface area contributed by atoms with Crippen LogP contribution in [0.5, 0.6) is 0 Å². The quantitative estimate of drug-likeness (QED) is 0.868. The number of ether oxygens (including phenoxy) is 1. The summed E-state index contributed by atoms with van der Waals surface area (Å²) in [6.07, 6.45) is 3.99. The summed E-state index contributed by atoms with van der Waals surface area (Å²) in [5.41, 5.74) is -0.389. The molecule has 1 heterocycles. The average Bonchev–Trinajstić information content (AvgIpc) is 3.06. The van der Waals surface area contributed by atoms with Gasteiger partial charge in [0.25, 0.3) is 0 Å². The number of carbonyl (C=O) groups excluding carboxylic acids is 1. The van der Waals surface area contributed by atoms with Gasteiger partial charge in [0.1, 0.15) is 17.7 Å². The molecule has 1 atom stereocenters. The highest BCUT2D eigenvalue weighted by atomic mass is 19.1. The molecule has 0 radical (unpaired) electrons. The standard InChI is InChI=1S/C16H19F2NO2/c17-11-4-3-5-12(18)14(11)16(7-1-2-8-16)10-19-13-6-9-21-15(13)20/h3-5,13,19H,1-2,6-10H2/t13-/m0/s1. The Morgan fingerprint density at radius 2 is 1.90 bits per heavy atom. The van der Waals surface area contributed by atoms with Crippen LogP contribution in [0.2, 0.25) is 0 Å². The maximum Gasteiger partial charge on any atom is 0.323 e. The summed E-state index contributed by atoms with van der Waals surface area (Å²) in [6, 6.07) is 3.65. The summed E-state index contributed by atoms with van der Waals surface area (Å²) in [6.45, 7) is 0.822. The van der Waals surface area contributed by atoms with E-state index in [2.05, 4.69) is 5.32 Å². The van der Waals surface area contributed by atoms with E-state index in [1.54, 1.807) is 0 Å². The van der Waals surface area contributed by atoms with Crippen molar-refractivity contribution in [1.82, 2.24) is 5.32 Å². The lowest BCUT2D eigenvalue weighted by molar-refractivity contribution is -0.139. The van der Waals surface area contributed by atoms with Crippen molar-refractivity contribution in [1.29, 1.82) is 0 Å². The van der Waals surface area contributed by atoms with Crippen molar-refractivity contribution in [3.8, 4) is 0 Å². The molecular formula is C16H19F2NO2. The lowest BCUT2D eigenvalue weighted by atomic mass is 9.78. The fourth-order valence-electron chi connectivity index (χ4n) is 3.57. The Kier molecular flexibility index (Phi) is 3.93. The van der Waals surface area contributed by atoms with Gasteiger partial charge in [0.05, 0.1) is 6.61 Å². The Hall–Kier alpha value is -1.49. The van der Waals surface area contributed by atoms with Gasteiger partial charge in [-0.2, -0.15) is 0 Å². The highest BCUT2D eigenvalue weighted by molar-refractivity contribution is 5.77. The third-order valence-electron chi connectivity index (χ3n) is 4.68. The van der Waals surface area contributed by atoms with Crippen LogP contribution in [0.1, 0.15) is 37.7 Å². The first-order chi connectivity index (χ1) is 10.1. The van der Waals surface area contributed by atoms with Gasteiger partial charge in [-0.05, 0) is 25.0 Å². The number of benzene rings is 1. The molecule has 114 valence electrons. The Morgan fingerprint density at radius 1 is 1.24 bits per heavy atom. The number of rotatable bonds is 4. The molecule has 0 unspecified atom stereocenters. The van der Waals surface area contributed by atoms with Crippen molar-refractivity contribution >= 4 is 5.97 Å². The van der Waals surface area contributed by atoms with Gasteiger partial charge in [0.2, 0.25) is 0 Å². The van der Waals surface area contributed by atoms with E-state index >= 15 is 0 Å². The largest absolute Gasteiger partial charge is 0.464 e. The molecule has 0 spiro atoms. The highest BCUT2D eigenvalue weighted by Crippen LogP contribution is 2.43. The molecule has 0 aromatic heterocycles. The highest BCUT2D eigenvalue weighted by Gasteiger charge is 2.41. The summed E-state index contributed by atoms with van der Waals surface area (Å²) in [4.78, 5) is 11.5. The second-order valence-corrected chi connectivity index (χ2v) is 5.97. The number of carbonyl (C=O) groups is 1. The molecule has 0 bridgehead atoms. The van der Waals surface area contributed by atoms with Crippen molar-refractivity contribution in [3.63, 3.8) is 0 Å². The van der Waals surface area contributed by atoms with Gasteiger partial charge in [-0.3, -0.25) is 4.79 Å². The van der Waals surface area contributed by atoms with Gasteiger partial charge in [0.15, 0.2) is 0 Å². The molecule has 1 aliphatic carbocycles. The predicted octanol–water partition coefficient (Wildman–Crippen LogP) is 2.68. The smallest absolute Gasteiger partial charge is 0.323 e. The molecular weight excluding hydrogens is 276 g/mol. The summed E-state index contributed by atoms with van der Waals surface area (Å²) in [5.74, 6) is -1.25. The third-order valence-corrected chi connectivity index (χ3v) is 4.68. The Balaban J connectivity index is 1.84. The zero-order chi connectivity index (χ0) is 14.9. The topological polar surface area (TPSA) is 38.3 Å². The Bertz CT molecular complexity index is 521. The molecule has 1 aromatic rings. The monoisotopic (exact) mass is 295 g/mol. The van der Waals surface area contributed by atoms with Crippen LogP contribution in [0.15, 0.2) is 18.2 Å². The predicted molar refractivity (Wildman–Crippen MR) is 73.9 cm³/mol. The van der Waals surface area contributed by atoms with E-state index in [-0.39, 0.29) is 17.6 Å². The maximum absolute atomic E-state index is 14.2. The van der Waals surface area contributed by atoms with Crippen LogP contribution in [0.25, 0.3) is 0 Å². The number of cyclic esters (lactones) is 1. The zero-order valence-corrected chi connectivity index (χ0v) is 11.8. The normalized spacial score (nSPS) is 24.3. The Labute approximate surface area is 122 Å². The van der Waals surface area contributed by atoms with Crippen molar-refractivity contribution in [2.24, 2.45) is 0 Å². The van der Waals surface area contributed by atoms with E-state index in [0.29, 0.717) is 19.6 Å². The summed E-state index contributed by atoms with van der Waals surface area (Å²) in [7, 11) is 0. The second-order valence-electron chi connectivity index (χ2n) is 5.97. The van der Waals surface area contributed by atoms with E-state index in [0.717, 1.165) is 25.7 Å². The van der Waals surface area contributed by atoms with Crippen LogP contribution in [0.3, 0.4) is 0 Å². The van der Waals surface area contributed by atoms with E-state index in [1.807, 2.05) is 0 Å². The number of halogens is 2. The molecule has 3 nitrogen and oxygen atoms in total. The molecule has 1 saturated heterocycles. The number of esters is 1. The first-order valence-electron chi connectivity index (χ1n) is 7.47. The maximum atomic E-state index is 14.2. The molecule has 2 fully saturated rings. The fourth-order valence-corrected chi connectivity index (χ4v) is 3.57. The lowest BCUT2D eigenvalue weighted by Crippen LogP contribution is -2.43. The fraction of sp³-hybridized carbons (Fsp3) is 0.562. The minimum atomic E-state index is -0.557. The van der Waals surface area contributed by atoms with Gasteiger partial charge in [-0.1, -0.05) is 18.9 Å². The van der Waals surface area contributed by atoms with Crippen LogP contribution in [-0.2, 0) is 14.9 Å². The minimum absolute atomic E-state index is 0.168.